The van der Waals surface area contributed by atoms with Crippen LogP contribution in [0.4, 0.5) is 4.79 Å². The van der Waals surface area contributed by atoms with Gasteiger partial charge < -0.3 is 19.2 Å². The van der Waals surface area contributed by atoms with Crippen molar-refractivity contribution < 1.29 is 13.4 Å². The third-order valence-electron chi connectivity index (χ3n) is 3.11. The molecule has 0 aliphatic carbocycles. The Morgan fingerprint density at radius 2 is 1.79 bits per heavy atom. The summed E-state index contributed by atoms with van der Waals surface area (Å²) in [6.45, 7) is 13.7. The molecule has 0 saturated carbocycles. The summed E-state index contributed by atoms with van der Waals surface area (Å²) in [6, 6.07) is 1.23. The fourth-order valence-electron chi connectivity index (χ4n) is 1.79. The van der Waals surface area contributed by atoms with Crippen LogP contribution in [0.15, 0.2) is 0 Å². The molecule has 0 aliphatic heterocycles. The highest BCUT2D eigenvalue weighted by Crippen LogP contribution is 2.17. The molecule has 0 aromatic rings. The number of thiol groups is 1. The first-order valence-corrected chi connectivity index (χ1v) is 13.3. The largest absolute Gasteiger partial charge is 0.417 e. The number of hydrogen-bond acceptors (Lipinski definition) is 5. The van der Waals surface area contributed by atoms with Gasteiger partial charge >= 0.3 is 0 Å². The number of thiocarbonyl (C=S) groups is 1. The zero-order valence-electron chi connectivity index (χ0n) is 15.7. The Morgan fingerprint density at radius 3 is 2.25 bits per heavy atom. The van der Waals surface area contributed by atoms with Crippen molar-refractivity contribution in [1.29, 1.82) is 0 Å². The topological polar surface area (TPSA) is 64.8 Å². The van der Waals surface area contributed by atoms with E-state index in [9.17, 15) is 0 Å². The second-order valence-corrected chi connectivity index (χ2v) is 11.7. The van der Waals surface area contributed by atoms with Gasteiger partial charge in [-0.1, -0.05) is 26.0 Å². The van der Waals surface area contributed by atoms with E-state index in [1.54, 1.807) is 0 Å². The van der Waals surface area contributed by atoms with Crippen molar-refractivity contribution in [3.05, 3.63) is 0 Å². The van der Waals surface area contributed by atoms with E-state index in [1.165, 1.54) is 24.5 Å². The second-order valence-electron chi connectivity index (χ2n) is 5.75. The molecule has 0 atom stereocenters. The summed E-state index contributed by atoms with van der Waals surface area (Å²) in [6.07, 6.45) is 3.50. The summed E-state index contributed by atoms with van der Waals surface area (Å²) < 4.78 is 11.5. The zero-order chi connectivity index (χ0) is 19.0. The number of unbranched alkanes of at least 4 members (excludes halogenated alkanes) is 1. The normalized spacial score (nSPS) is 10.6. The molecule has 0 bridgehead atoms. The van der Waals surface area contributed by atoms with E-state index in [1.807, 2.05) is 0 Å². The predicted octanol–water partition coefficient (Wildman–Crippen LogP) is 4.68. The van der Waals surface area contributed by atoms with Gasteiger partial charge in [-0.25, -0.2) is 0 Å². The SMILES string of the molecule is CCCO[Si](C)(C)CCCCSOC(=S)N(CC)CC.NC(=O)S. The van der Waals surface area contributed by atoms with Crippen molar-refractivity contribution in [3.63, 3.8) is 0 Å². The van der Waals surface area contributed by atoms with Gasteiger partial charge in [0.2, 0.25) is 0 Å². The Labute approximate surface area is 164 Å². The molecule has 5 nitrogen and oxygen atoms in total. The molecule has 0 heterocycles. The minimum Gasteiger partial charge on any atom is -0.417 e. The fraction of sp³-hybridized carbons (Fsp3) is 0.867. The summed E-state index contributed by atoms with van der Waals surface area (Å²) in [5, 5.41) is -0.0269. The van der Waals surface area contributed by atoms with Crippen LogP contribution in [-0.2, 0) is 8.61 Å². The number of primary amides is 1. The summed E-state index contributed by atoms with van der Waals surface area (Å²) in [5.41, 5.74) is 4.34. The number of hydrogen-bond donors (Lipinski definition) is 2. The summed E-state index contributed by atoms with van der Waals surface area (Å²) in [4.78, 5) is 11.1. The summed E-state index contributed by atoms with van der Waals surface area (Å²) >= 11 is 9.81. The Morgan fingerprint density at radius 1 is 1.25 bits per heavy atom. The van der Waals surface area contributed by atoms with Gasteiger partial charge in [0.1, 0.15) is 0 Å². The Bertz CT molecular complexity index is 340. The van der Waals surface area contributed by atoms with E-state index in [-0.39, 0.29) is 0 Å². The molecule has 1 amide bonds. The van der Waals surface area contributed by atoms with Crippen LogP contribution < -0.4 is 5.73 Å². The van der Waals surface area contributed by atoms with Crippen LogP contribution in [-0.4, -0.2) is 49.1 Å². The van der Waals surface area contributed by atoms with E-state index in [0.29, 0.717) is 5.17 Å². The highest BCUT2D eigenvalue weighted by Gasteiger charge is 2.21. The van der Waals surface area contributed by atoms with Crippen LogP contribution in [0.1, 0.15) is 40.0 Å². The second kappa shape index (κ2) is 16.5. The average molecular weight is 415 g/mol. The molecule has 0 aromatic carbocycles. The first-order chi connectivity index (χ1) is 11.2. The number of nitrogens with zero attached hydrogens (tertiary/aromatic N) is 1. The first-order valence-electron chi connectivity index (χ1n) is 8.40. The highest BCUT2D eigenvalue weighted by atomic mass is 32.2. The van der Waals surface area contributed by atoms with E-state index < -0.39 is 13.6 Å². The Balaban J connectivity index is 0. The van der Waals surface area contributed by atoms with Crippen LogP contribution >= 0.6 is 36.9 Å². The molecule has 24 heavy (non-hydrogen) atoms. The number of carbonyl (C=O) groups is 1. The average Bonchev–Trinajstić information content (AvgIpc) is 2.49. The number of carbonyl (C=O) groups excluding carboxylic acids is 1. The van der Waals surface area contributed by atoms with Crippen molar-refractivity contribution in [2.45, 2.75) is 59.2 Å². The molecular weight excluding hydrogens is 380 g/mol. The highest BCUT2D eigenvalue weighted by molar-refractivity contribution is 7.96. The Kier molecular flexibility index (Phi) is 18.1. The van der Waals surface area contributed by atoms with Gasteiger partial charge in [0, 0.05) is 25.4 Å². The molecule has 0 radical (unpaired) electrons. The van der Waals surface area contributed by atoms with Gasteiger partial charge in [-0.2, -0.15) is 0 Å². The third-order valence-corrected chi connectivity index (χ3v) is 6.83. The molecule has 0 aliphatic rings. The zero-order valence-corrected chi connectivity index (χ0v) is 19.2. The lowest BCUT2D eigenvalue weighted by molar-refractivity contribution is 0.267. The molecule has 0 spiro atoms. The molecule has 0 unspecified atom stereocenters. The van der Waals surface area contributed by atoms with E-state index in [0.717, 1.165) is 38.3 Å². The van der Waals surface area contributed by atoms with Crippen molar-refractivity contribution in [3.8, 4) is 0 Å². The maximum absolute atomic E-state index is 9.09. The van der Waals surface area contributed by atoms with E-state index in [4.69, 9.17) is 25.6 Å². The molecule has 2 N–H and O–H groups in total. The third kappa shape index (κ3) is 18.4. The maximum Gasteiger partial charge on any atom is 0.273 e. The van der Waals surface area contributed by atoms with Crippen LogP contribution in [0.3, 0.4) is 0 Å². The standard InChI is InChI=1S/C14H31NO2S2Si.CH3NOS/c1-6-11-16-20(4,5)13-10-9-12-19-17-14(18)15(7-2)8-3;2-1(3)4/h6-13H2,1-5H3;(H3,2,3,4). The van der Waals surface area contributed by atoms with Crippen molar-refractivity contribution in [2.75, 3.05) is 25.4 Å². The van der Waals surface area contributed by atoms with Gasteiger partial charge in [0.15, 0.2) is 8.32 Å². The molecule has 144 valence electrons. The van der Waals surface area contributed by atoms with Gasteiger partial charge in [-0.3, -0.25) is 4.79 Å². The lowest BCUT2D eigenvalue weighted by Gasteiger charge is -2.22. The predicted molar refractivity (Wildman–Crippen MR) is 115 cm³/mol. The quantitative estimate of drug-likeness (QED) is 0.168. The number of nitrogens with two attached hydrogens (primary N) is 1. The Hall–Kier alpha value is 0.0369. The maximum atomic E-state index is 9.09. The smallest absolute Gasteiger partial charge is 0.273 e. The minimum atomic E-state index is -1.42. The lowest BCUT2D eigenvalue weighted by Crippen LogP contribution is -2.30. The van der Waals surface area contributed by atoms with Gasteiger partial charge in [-0.05, 0) is 58.0 Å². The molecule has 0 fully saturated rings. The number of rotatable bonds is 11. The van der Waals surface area contributed by atoms with E-state index >= 15 is 0 Å². The van der Waals surface area contributed by atoms with Gasteiger partial charge in [0.25, 0.3) is 10.4 Å². The summed E-state index contributed by atoms with van der Waals surface area (Å²) in [5.74, 6) is 1.000. The van der Waals surface area contributed by atoms with Crippen molar-refractivity contribution in [1.82, 2.24) is 4.90 Å². The molecule has 0 rings (SSSR count). The fourth-order valence-corrected chi connectivity index (χ4v) is 4.81. The molecule has 0 aromatic heterocycles. The van der Waals surface area contributed by atoms with Crippen LogP contribution in [0, 0.1) is 0 Å². The van der Waals surface area contributed by atoms with Crippen molar-refractivity contribution in [2.24, 2.45) is 5.73 Å². The van der Waals surface area contributed by atoms with Gasteiger partial charge in [-0.15, -0.1) is 0 Å². The molecule has 0 saturated heterocycles. The monoisotopic (exact) mass is 414 g/mol. The number of amides is 1. The van der Waals surface area contributed by atoms with Crippen molar-refractivity contribution >= 4 is 55.6 Å². The molecule has 9 heteroatoms. The lowest BCUT2D eigenvalue weighted by atomic mass is 10.4. The summed E-state index contributed by atoms with van der Waals surface area (Å²) in [7, 11) is -1.42. The van der Waals surface area contributed by atoms with E-state index in [2.05, 4.69) is 57.1 Å². The minimum absolute atomic E-state index is 0.612. The van der Waals surface area contributed by atoms with Crippen LogP contribution in [0.2, 0.25) is 19.1 Å². The van der Waals surface area contributed by atoms with Gasteiger partial charge in [0.05, 0.1) is 12.0 Å². The van der Waals surface area contributed by atoms with Crippen LogP contribution in [0.25, 0.3) is 0 Å². The molecular formula is C15H34N2O3S3Si. The first kappa shape index (κ1) is 26.3. The van der Waals surface area contributed by atoms with Crippen LogP contribution in [0.5, 0.6) is 0 Å².